The monoisotopic (exact) mass is 589 g/mol. The molecule has 224 valence electrons. The van der Waals surface area contributed by atoms with Crippen molar-refractivity contribution in [3.63, 3.8) is 0 Å². The molecule has 42 heavy (non-hydrogen) atoms. The van der Waals surface area contributed by atoms with Crippen molar-refractivity contribution >= 4 is 21.8 Å². The van der Waals surface area contributed by atoms with Gasteiger partial charge in [0.1, 0.15) is 6.04 Å². The fourth-order valence-electron chi connectivity index (χ4n) is 5.24. The molecule has 1 N–H and O–H groups in total. The van der Waals surface area contributed by atoms with Gasteiger partial charge in [0.05, 0.1) is 4.90 Å². The van der Waals surface area contributed by atoms with E-state index in [1.54, 1.807) is 29.2 Å². The van der Waals surface area contributed by atoms with Gasteiger partial charge in [0.15, 0.2) is 0 Å². The third-order valence-electron chi connectivity index (χ3n) is 7.74. The van der Waals surface area contributed by atoms with E-state index in [4.69, 9.17) is 0 Å². The molecule has 1 fully saturated rings. The van der Waals surface area contributed by atoms with Crippen molar-refractivity contribution < 1.29 is 18.0 Å². The summed E-state index contributed by atoms with van der Waals surface area (Å²) in [5.74, 6) is 0.185. The van der Waals surface area contributed by atoms with E-state index < -0.39 is 16.1 Å². The van der Waals surface area contributed by atoms with Crippen LogP contribution in [0.5, 0.6) is 0 Å². The highest BCUT2D eigenvalue weighted by Gasteiger charge is 2.30. The van der Waals surface area contributed by atoms with E-state index in [9.17, 15) is 18.0 Å². The largest absolute Gasteiger partial charge is 0.354 e. The molecule has 2 amide bonds. The van der Waals surface area contributed by atoms with Gasteiger partial charge in [0.25, 0.3) is 0 Å². The van der Waals surface area contributed by atoms with E-state index >= 15 is 0 Å². The maximum absolute atomic E-state index is 13.9. The van der Waals surface area contributed by atoms with Crippen molar-refractivity contribution in [3.8, 4) is 0 Å². The normalized spacial score (nSPS) is 14.5. The average molecular weight is 590 g/mol. The number of sulfonamides is 1. The van der Waals surface area contributed by atoms with Gasteiger partial charge in [-0.2, -0.15) is 4.31 Å². The van der Waals surface area contributed by atoms with Crippen LogP contribution >= 0.6 is 0 Å². The second kappa shape index (κ2) is 15.1. The van der Waals surface area contributed by atoms with E-state index in [0.717, 1.165) is 36.0 Å². The number of carbonyl (C=O) groups excluding carboxylic acids is 2. The molecule has 1 aliphatic heterocycles. The molecule has 7 nitrogen and oxygen atoms in total. The molecule has 0 aromatic heterocycles. The van der Waals surface area contributed by atoms with Crippen LogP contribution in [0.4, 0.5) is 0 Å². The highest BCUT2D eigenvalue weighted by atomic mass is 32.2. The highest BCUT2D eigenvalue weighted by Crippen LogP contribution is 2.22. The van der Waals surface area contributed by atoms with Crippen molar-refractivity contribution in [2.24, 2.45) is 5.92 Å². The number of hydrogen-bond acceptors (Lipinski definition) is 4. The third-order valence-corrected chi connectivity index (χ3v) is 9.65. The van der Waals surface area contributed by atoms with Gasteiger partial charge in [-0.3, -0.25) is 9.59 Å². The van der Waals surface area contributed by atoms with Crippen LogP contribution < -0.4 is 5.32 Å². The lowest BCUT2D eigenvalue weighted by molar-refractivity contribution is -0.141. The molecule has 3 aromatic carbocycles. The number of aryl methyl sites for hydroxylation is 1. The summed E-state index contributed by atoms with van der Waals surface area (Å²) in [4.78, 5) is 29.5. The van der Waals surface area contributed by atoms with E-state index in [0.29, 0.717) is 44.9 Å². The molecule has 0 unspecified atom stereocenters. The Morgan fingerprint density at radius 3 is 2.02 bits per heavy atom. The molecule has 1 saturated heterocycles. The maximum Gasteiger partial charge on any atom is 0.243 e. The summed E-state index contributed by atoms with van der Waals surface area (Å²) in [6.45, 7) is 6.24. The number of hydrogen-bond donors (Lipinski definition) is 1. The van der Waals surface area contributed by atoms with Crippen LogP contribution in [-0.4, -0.2) is 55.1 Å². The molecule has 0 bridgehead atoms. The predicted octanol–water partition coefficient (Wildman–Crippen LogP) is 5.21. The zero-order valence-corrected chi connectivity index (χ0v) is 25.6. The van der Waals surface area contributed by atoms with E-state index in [2.05, 4.69) is 19.2 Å². The van der Waals surface area contributed by atoms with E-state index in [1.807, 2.05) is 60.7 Å². The molecule has 0 aliphatic carbocycles. The van der Waals surface area contributed by atoms with Crippen LogP contribution in [0.2, 0.25) is 0 Å². The molecule has 1 heterocycles. The van der Waals surface area contributed by atoms with Crippen LogP contribution in [0.1, 0.15) is 56.2 Å². The van der Waals surface area contributed by atoms with E-state index in [1.165, 1.54) is 4.31 Å². The fraction of sp³-hybridized carbons (Fsp3) is 0.412. The Hall–Kier alpha value is -3.49. The second-order valence-electron chi connectivity index (χ2n) is 11.4. The van der Waals surface area contributed by atoms with Gasteiger partial charge < -0.3 is 10.2 Å². The molecular formula is C34H43N3O4S. The minimum atomic E-state index is -3.48. The van der Waals surface area contributed by atoms with Crippen LogP contribution in [0, 0.1) is 5.92 Å². The van der Waals surface area contributed by atoms with Crippen LogP contribution in [0.15, 0.2) is 89.8 Å². The number of carbonyl (C=O) groups is 2. The first-order chi connectivity index (χ1) is 20.2. The summed E-state index contributed by atoms with van der Waals surface area (Å²) >= 11 is 0. The second-order valence-corrected chi connectivity index (χ2v) is 13.4. The summed E-state index contributed by atoms with van der Waals surface area (Å²) in [6, 6.07) is 25.7. The molecule has 4 rings (SSSR count). The SMILES string of the molecule is CC(C)CCNC(=O)[C@H](Cc1ccccc1)N(Cc1ccccc1)C(=O)CCc1ccc(S(=O)(=O)N2CCCC2)cc1. The minimum absolute atomic E-state index is 0.118. The summed E-state index contributed by atoms with van der Waals surface area (Å²) < 4.78 is 27.3. The first-order valence-corrected chi connectivity index (χ1v) is 16.4. The predicted molar refractivity (Wildman–Crippen MR) is 166 cm³/mol. The zero-order chi connectivity index (χ0) is 30.0. The first-order valence-electron chi connectivity index (χ1n) is 15.0. The summed E-state index contributed by atoms with van der Waals surface area (Å²) in [7, 11) is -3.48. The lowest BCUT2D eigenvalue weighted by atomic mass is 10.0. The van der Waals surface area contributed by atoms with Gasteiger partial charge >= 0.3 is 0 Å². The Morgan fingerprint density at radius 1 is 0.833 bits per heavy atom. The van der Waals surface area contributed by atoms with Gasteiger partial charge in [-0.15, -0.1) is 0 Å². The lowest BCUT2D eigenvalue weighted by Gasteiger charge is -2.32. The van der Waals surface area contributed by atoms with Gasteiger partial charge in [-0.1, -0.05) is 86.6 Å². The highest BCUT2D eigenvalue weighted by molar-refractivity contribution is 7.89. The summed E-state index contributed by atoms with van der Waals surface area (Å²) in [5.41, 5.74) is 2.82. The standard InChI is InChI=1S/C34H43N3O4S/c1-27(2)21-22-35-34(39)32(25-29-11-5-3-6-12-29)37(26-30-13-7-4-8-14-30)33(38)20-17-28-15-18-31(19-16-28)42(40,41)36-23-9-10-24-36/h3-8,11-16,18-19,27,32H,9-10,17,20-26H2,1-2H3,(H,35,39)/t32-/m0/s1. The van der Waals surface area contributed by atoms with Crippen molar-refractivity contribution in [1.82, 2.24) is 14.5 Å². The molecular weight excluding hydrogens is 546 g/mol. The Bertz CT molecular complexity index is 1390. The minimum Gasteiger partial charge on any atom is -0.354 e. The maximum atomic E-state index is 13.9. The van der Waals surface area contributed by atoms with Crippen molar-refractivity contribution in [1.29, 1.82) is 0 Å². The lowest BCUT2D eigenvalue weighted by Crippen LogP contribution is -2.50. The summed E-state index contributed by atoms with van der Waals surface area (Å²) in [6.07, 6.45) is 3.70. The van der Waals surface area contributed by atoms with E-state index in [-0.39, 0.29) is 23.1 Å². The fourth-order valence-corrected chi connectivity index (χ4v) is 6.75. The number of benzene rings is 3. The quantitative estimate of drug-likeness (QED) is 0.280. The van der Waals surface area contributed by atoms with Gasteiger partial charge in [-0.25, -0.2) is 8.42 Å². The topological polar surface area (TPSA) is 86.8 Å². The Morgan fingerprint density at radius 2 is 1.43 bits per heavy atom. The average Bonchev–Trinajstić information content (AvgIpc) is 3.55. The molecule has 1 atom stereocenters. The molecule has 1 aliphatic rings. The van der Waals surface area contributed by atoms with Crippen LogP contribution in [0.25, 0.3) is 0 Å². The molecule has 8 heteroatoms. The smallest absolute Gasteiger partial charge is 0.243 e. The van der Waals surface area contributed by atoms with Crippen LogP contribution in [-0.2, 0) is 39.0 Å². The Kier molecular flexibility index (Phi) is 11.3. The third kappa shape index (κ3) is 8.76. The molecule has 0 radical (unpaired) electrons. The first kappa shape index (κ1) is 31.4. The van der Waals surface area contributed by atoms with Crippen molar-refractivity contribution in [2.45, 2.75) is 69.9 Å². The number of nitrogens with zero attached hydrogens (tertiary/aromatic N) is 2. The van der Waals surface area contributed by atoms with Crippen molar-refractivity contribution in [2.75, 3.05) is 19.6 Å². The Labute approximate surface area is 251 Å². The van der Waals surface area contributed by atoms with Crippen LogP contribution in [0.3, 0.4) is 0 Å². The van der Waals surface area contributed by atoms with Gasteiger partial charge in [0.2, 0.25) is 21.8 Å². The molecule has 0 spiro atoms. The number of nitrogens with one attached hydrogen (secondary N) is 1. The molecule has 3 aromatic rings. The van der Waals surface area contributed by atoms with Gasteiger partial charge in [0, 0.05) is 39.0 Å². The van der Waals surface area contributed by atoms with Gasteiger partial charge in [-0.05, 0) is 60.4 Å². The molecule has 0 saturated carbocycles. The Balaban J connectivity index is 1.52. The number of rotatable bonds is 14. The summed E-state index contributed by atoms with van der Waals surface area (Å²) in [5, 5.41) is 3.08. The number of amides is 2. The van der Waals surface area contributed by atoms with Crippen molar-refractivity contribution in [3.05, 3.63) is 102 Å². The zero-order valence-electron chi connectivity index (χ0n) is 24.7.